The fourth-order valence-corrected chi connectivity index (χ4v) is 6.15. The zero-order valence-corrected chi connectivity index (χ0v) is 21.7. The molecule has 0 radical (unpaired) electrons. The Balaban J connectivity index is 1.53. The van der Waals surface area contributed by atoms with E-state index in [4.69, 9.17) is 19.8 Å². The maximum Gasteiger partial charge on any atom is 0.481 e. The number of carbonyl (C=O) groups is 3. The lowest BCUT2D eigenvalue weighted by molar-refractivity contribution is -0.199. The number of amides is 1. The quantitative estimate of drug-likeness (QED) is 0.327. The van der Waals surface area contributed by atoms with Crippen LogP contribution < -0.4 is 11.1 Å². The highest BCUT2D eigenvalue weighted by Gasteiger charge is 2.68. The molecule has 3 N–H and O–H groups in total. The molecule has 192 valence electrons. The highest BCUT2D eigenvalue weighted by atomic mass is 16.7. The third kappa shape index (κ3) is 5.68. The molecule has 1 aliphatic heterocycles. The molecular weight excluding hydrogens is 435 g/mol. The van der Waals surface area contributed by atoms with Gasteiger partial charge in [0.15, 0.2) is 0 Å². The summed E-state index contributed by atoms with van der Waals surface area (Å²) in [5, 5.41) is 3.06. The van der Waals surface area contributed by atoms with E-state index in [1.807, 2.05) is 0 Å². The summed E-state index contributed by atoms with van der Waals surface area (Å²) in [4.78, 5) is 36.4. The van der Waals surface area contributed by atoms with E-state index in [2.05, 4.69) is 39.9 Å². The van der Waals surface area contributed by atoms with E-state index in [0.717, 1.165) is 6.42 Å². The van der Waals surface area contributed by atoms with Crippen LogP contribution in [-0.4, -0.2) is 55.1 Å². The molecule has 2 bridgehead atoms. The van der Waals surface area contributed by atoms with Crippen LogP contribution >= 0.6 is 0 Å². The number of Topliss-reactive ketones (excluding diaryl/α,β-unsaturated/α-hetero) is 1. The Morgan fingerprint density at radius 3 is 2.47 bits per heavy atom. The third-order valence-corrected chi connectivity index (χ3v) is 8.33. The standard InChI is InChI=1S/C25H43BN2O6/c1-7-32-22(30)11-9-17(29)8-10-18(27)23(31)28-21(12-15(2)3)26-33-20-14-16-13-19(24(16,4)5)25(20,6)34-26/h15-16,18-21H,7-14,27H2,1-6H3,(H,28,31)/t16-,18+,19-,20-,21+,25+/m1/s1. The Hall–Kier alpha value is -1.45. The number of nitrogens with two attached hydrogens (primary N) is 1. The lowest BCUT2D eigenvalue weighted by atomic mass is 9.43. The van der Waals surface area contributed by atoms with Gasteiger partial charge in [0, 0.05) is 12.8 Å². The fourth-order valence-electron chi connectivity index (χ4n) is 6.15. The summed E-state index contributed by atoms with van der Waals surface area (Å²) in [6.07, 6.45) is 3.46. The zero-order chi connectivity index (χ0) is 25.3. The summed E-state index contributed by atoms with van der Waals surface area (Å²) >= 11 is 0. The molecular formula is C25H43BN2O6. The Bertz CT molecular complexity index is 775. The third-order valence-electron chi connectivity index (χ3n) is 8.33. The van der Waals surface area contributed by atoms with Crippen LogP contribution in [0.15, 0.2) is 0 Å². The largest absolute Gasteiger partial charge is 0.481 e. The van der Waals surface area contributed by atoms with Crippen LogP contribution in [0.1, 0.15) is 86.5 Å². The van der Waals surface area contributed by atoms with Gasteiger partial charge < -0.3 is 25.1 Å². The molecule has 3 saturated carbocycles. The van der Waals surface area contributed by atoms with Gasteiger partial charge in [-0.2, -0.15) is 0 Å². The van der Waals surface area contributed by atoms with Crippen molar-refractivity contribution in [1.29, 1.82) is 0 Å². The normalized spacial score (nSPS) is 30.8. The summed E-state index contributed by atoms with van der Waals surface area (Å²) in [5.74, 6) is 0.343. The maximum atomic E-state index is 12.9. The molecule has 0 aromatic rings. The highest BCUT2D eigenvalue weighted by molar-refractivity contribution is 6.47. The van der Waals surface area contributed by atoms with Crippen LogP contribution in [0.4, 0.5) is 0 Å². The molecule has 4 fully saturated rings. The maximum absolute atomic E-state index is 12.9. The molecule has 1 saturated heterocycles. The summed E-state index contributed by atoms with van der Waals surface area (Å²) in [7, 11) is -0.505. The van der Waals surface area contributed by atoms with Crippen molar-refractivity contribution in [3.8, 4) is 0 Å². The molecule has 3 aliphatic carbocycles. The summed E-state index contributed by atoms with van der Waals surface area (Å²) in [6, 6.07) is -0.813. The second kappa shape index (κ2) is 10.7. The molecule has 0 unspecified atom stereocenters. The number of hydrogen-bond donors (Lipinski definition) is 2. The number of carbonyl (C=O) groups excluding carboxylic acids is 3. The van der Waals surface area contributed by atoms with Crippen LogP contribution in [0.25, 0.3) is 0 Å². The van der Waals surface area contributed by atoms with Gasteiger partial charge in [0.25, 0.3) is 0 Å². The zero-order valence-electron chi connectivity index (χ0n) is 21.7. The van der Waals surface area contributed by atoms with Gasteiger partial charge in [-0.1, -0.05) is 27.7 Å². The van der Waals surface area contributed by atoms with Crippen molar-refractivity contribution >= 4 is 24.8 Å². The topological polar surface area (TPSA) is 117 Å². The van der Waals surface area contributed by atoms with E-state index in [1.165, 1.54) is 6.42 Å². The fraction of sp³-hybridized carbons (Fsp3) is 0.880. The molecule has 4 aliphatic rings. The van der Waals surface area contributed by atoms with Crippen molar-refractivity contribution in [3.05, 3.63) is 0 Å². The smallest absolute Gasteiger partial charge is 0.466 e. The minimum atomic E-state index is -0.813. The van der Waals surface area contributed by atoms with Crippen LogP contribution in [0.5, 0.6) is 0 Å². The number of esters is 1. The molecule has 0 spiro atoms. The van der Waals surface area contributed by atoms with Crippen LogP contribution in [0, 0.1) is 23.2 Å². The molecule has 9 heteroatoms. The lowest BCUT2D eigenvalue weighted by Crippen LogP contribution is -2.65. The minimum Gasteiger partial charge on any atom is -0.466 e. The monoisotopic (exact) mass is 478 g/mol. The van der Waals surface area contributed by atoms with Gasteiger partial charge in [-0.15, -0.1) is 0 Å². The molecule has 0 aromatic heterocycles. The van der Waals surface area contributed by atoms with Crippen molar-refractivity contribution < 1.29 is 28.4 Å². The van der Waals surface area contributed by atoms with Crippen molar-refractivity contribution in [1.82, 2.24) is 5.32 Å². The molecule has 1 amide bonds. The molecule has 8 nitrogen and oxygen atoms in total. The number of ketones is 1. The summed E-state index contributed by atoms with van der Waals surface area (Å²) < 4.78 is 17.8. The number of hydrogen-bond acceptors (Lipinski definition) is 7. The first-order chi connectivity index (χ1) is 15.9. The van der Waals surface area contributed by atoms with Crippen molar-refractivity contribution in [2.75, 3.05) is 6.61 Å². The predicted octanol–water partition coefficient (Wildman–Crippen LogP) is 2.80. The summed E-state index contributed by atoms with van der Waals surface area (Å²) in [6.45, 7) is 13.0. The van der Waals surface area contributed by atoms with Crippen molar-refractivity contribution in [2.24, 2.45) is 28.9 Å². The van der Waals surface area contributed by atoms with E-state index in [9.17, 15) is 14.4 Å². The first-order valence-electron chi connectivity index (χ1n) is 12.9. The van der Waals surface area contributed by atoms with E-state index >= 15 is 0 Å². The molecule has 1 heterocycles. The van der Waals surface area contributed by atoms with Crippen molar-refractivity contribution in [3.63, 3.8) is 0 Å². The SMILES string of the molecule is CCOC(=O)CCC(=O)CC[C@H](N)C(=O)N[C@@H](CC(C)C)B1O[C@@H]2C[C@H]3C[C@H](C3(C)C)[C@]2(C)O1. The van der Waals surface area contributed by atoms with E-state index in [0.29, 0.717) is 30.8 Å². The second-order valence-corrected chi connectivity index (χ2v) is 11.6. The lowest BCUT2D eigenvalue weighted by Gasteiger charge is -2.64. The molecule has 34 heavy (non-hydrogen) atoms. The van der Waals surface area contributed by atoms with Gasteiger partial charge in [0.1, 0.15) is 5.78 Å². The Morgan fingerprint density at radius 2 is 1.85 bits per heavy atom. The molecule has 4 rings (SSSR count). The number of rotatable bonds is 12. The second-order valence-electron chi connectivity index (χ2n) is 11.6. The Labute approximate surface area is 204 Å². The first-order valence-corrected chi connectivity index (χ1v) is 12.9. The van der Waals surface area contributed by atoms with Gasteiger partial charge in [0.2, 0.25) is 5.91 Å². The first kappa shape index (κ1) is 27.1. The predicted molar refractivity (Wildman–Crippen MR) is 130 cm³/mol. The summed E-state index contributed by atoms with van der Waals surface area (Å²) in [5.41, 5.74) is 6.03. The van der Waals surface area contributed by atoms with Gasteiger partial charge in [-0.3, -0.25) is 14.4 Å². The van der Waals surface area contributed by atoms with E-state index < -0.39 is 13.2 Å². The Morgan fingerprint density at radius 1 is 1.15 bits per heavy atom. The average molecular weight is 478 g/mol. The van der Waals surface area contributed by atoms with E-state index in [1.54, 1.807) is 6.92 Å². The van der Waals surface area contributed by atoms with Gasteiger partial charge in [-0.05, 0) is 62.7 Å². The van der Waals surface area contributed by atoms with Gasteiger partial charge in [-0.25, -0.2) is 0 Å². The van der Waals surface area contributed by atoms with Gasteiger partial charge >= 0.3 is 13.1 Å². The molecule has 6 atom stereocenters. The van der Waals surface area contributed by atoms with Crippen LogP contribution in [0.3, 0.4) is 0 Å². The number of nitrogens with one attached hydrogen (secondary N) is 1. The molecule has 0 aromatic carbocycles. The average Bonchev–Trinajstić information content (AvgIpc) is 3.12. The highest BCUT2D eigenvalue weighted by Crippen LogP contribution is 2.65. The van der Waals surface area contributed by atoms with Crippen LogP contribution in [0.2, 0.25) is 0 Å². The number of ether oxygens (including phenoxy) is 1. The van der Waals surface area contributed by atoms with Crippen molar-refractivity contribution in [2.45, 2.75) is 110 Å². The van der Waals surface area contributed by atoms with Gasteiger partial charge in [0.05, 0.1) is 36.7 Å². The Kier molecular flexibility index (Phi) is 8.52. The van der Waals surface area contributed by atoms with E-state index in [-0.39, 0.29) is 66.4 Å². The minimum absolute atomic E-state index is 0.0477. The van der Waals surface area contributed by atoms with Crippen LogP contribution in [-0.2, 0) is 28.4 Å².